The predicted octanol–water partition coefficient (Wildman–Crippen LogP) is 7.03. The molecule has 4 aliphatic carbocycles. The number of allylic oxidation sites excluding steroid dienone is 2. The zero-order valence-electron chi connectivity index (χ0n) is 22.3. The average molecular weight is 459 g/mol. The van der Waals surface area contributed by atoms with E-state index in [-0.39, 0.29) is 29.0 Å². The van der Waals surface area contributed by atoms with Crippen LogP contribution in [0.3, 0.4) is 0 Å². The number of fused-ring (bicyclic) bond motifs is 5. The van der Waals surface area contributed by atoms with E-state index in [1.54, 1.807) is 0 Å². The van der Waals surface area contributed by atoms with Gasteiger partial charge in [-0.15, -0.1) is 0 Å². The number of aliphatic hydroxyl groups is 1. The lowest BCUT2D eigenvalue weighted by Crippen LogP contribution is -2.59. The summed E-state index contributed by atoms with van der Waals surface area (Å²) in [5, 5.41) is 11.7. The molecule has 4 aliphatic rings. The maximum absolute atomic E-state index is 11.7. The van der Waals surface area contributed by atoms with Gasteiger partial charge in [0.1, 0.15) is 6.10 Å². The molecule has 188 valence electrons. The molecule has 4 saturated carbocycles. The second-order valence-corrected chi connectivity index (χ2v) is 13.4. The lowest BCUT2D eigenvalue weighted by atomic mass is 9.43. The Labute approximate surface area is 203 Å². The van der Waals surface area contributed by atoms with E-state index < -0.39 is 0 Å². The van der Waals surface area contributed by atoms with Crippen LogP contribution in [0.1, 0.15) is 99.8 Å². The number of aliphatic hydroxyl groups excluding tert-OH is 1. The van der Waals surface area contributed by atoms with Crippen molar-refractivity contribution in [2.45, 2.75) is 112 Å². The maximum atomic E-state index is 11.7. The first-order chi connectivity index (χ1) is 15.5. The standard InChI is InChI=1S/C30H50O3/c1-18(2)19(3)8-9-20(4)25-12-13-26-24-11-10-22-16-23(33-21(5)31)14-15-29(22,6)28(24)27(32)17-30(25,26)7/h8-9,18-20,22-28,32H,10-17H2,1-7H3/b9-8+/t19-,20+,22-,23+,24-,25+,26-,27-,28+,29-,30+/m0/s1. The number of esters is 1. The van der Waals surface area contributed by atoms with Crippen LogP contribution in [-0.2, 0) is 9.53 Å². The number of carbonyl (C=O) groups is 1. The van der Waals surface area contributed by atoms with Gasteiger partial charge >= 0.3 is 5.97 Å². The third-order valence-electron chi connectivity index (χ3n) is 11.4. The van der Waals surface area contributed by atoms with Crippen LogP contribution in [0, 0.1) is 58.2 Å². The molecule has 1 N–H and O–H groups in total. The smallest absolute Gasteiger partial charge is 0.302 e. The molecule has 0 unspecified atom stereocenters. The lowest BCUT2D eigenvalue weighted by Gasteiger charge is -2.62. The molecule has 0 aromatic heterocycles. The molecule has 0 aromatic carbocycles. The number of hydrogen-bond donors (Lipinski definition) is 1. The van der Waals surface area contributed by atoms with Crippen LogP contribution in [0.5, 0.6) is 0 Å². The molecule has 33 heavy (non-hydrogen) atoms. The fraction of sp³-hybridized carbons (Fsp3) is 0.900. The van der Waals surface area contributed by atoms with Crippen molar-refractivity contribution in [3.8, 4) is 0 Å². The van der Waals surface area contributed by atoms with Crippen molar-refractivity contribution >= 4 is 5.97 Å². The highest BCUT2D eigenvalue weighted by Gasteiger charge is 2.63. The summed E-state index contributed by atoms with van der Waals surface area (Å²) in [4.78, 5) is 11.5. The van der Waals surface area contributed by atoms with Crippen molar-refractivity contribution in [3.05, 3.63) is 12.2 Å². The van der Waals surface area contributed by atoms with Crippen LogP contribution in [-0.4, -0.2) is 23.3 Å². The Kier molecular flexibility index (Phi) is 7.14. The van der Waals surface area contributed by atoms with Gasteiger partial charge in [-0.1, -0.05) is 53.7 Å². The first-order valence-corrected chi connectivity index (χ1v) is 14.0. The average Bonchev–Trinajstić information content (AvgIpc) is 3.07. The molecule has 0 radical (unpaired) electrons. The van der Waals surface area contributed by atoms with E-state index in [1.165, 1.54) is 32.6 Å². The molecule has 3 nitrogen and oxygen atoms in total. The molecule has 0 amide bonds. The first kappa shape index (κ1) is 25.3. The number of ether oxygens (including phenoxy) is 1. The zero-order valence-corrected chi connectivity index (χ0v) is 22.3. The van der Waals surface area contributed by atoms with E-state index in [0.29, 0.717) is 41.4 Å². The number of carbonyl (C=O) groups excluding carboxylic acids is 1. The van der Waals surface area contributed by atoms with E-state index >= 15 is 0 Å². The van der Waals surface area contributed by atoms with Crippen molar-refractivity contribution in [2.75, 3.05) is 0 Å². The highest BCUT2D eigenvalue weighted by Crippen LogP contribution is 2.68. The Bertz CT molecular complexity index is 743. The van der Waals surface area contributed by atoms with Gasteiger partial charge in [0.25, 0.3) is 0 Å². The summed E-state index contributed by atoms with van der Waals surface area (Å²) in [6.07, 6.45) is 14.0. The van der Waals surface area contributed by atoms with Crippen molar-refractivity contribution in [2.24, 2.45) is 58.2 Å². The van der Waals surface area contributed by atoms with E-state index in [2.05, 4.69) is 53.7 Å². The normalized spacial score (nSPS) is 47.0. The van der Waals surface area contributed by atoms with Crippen LogP contribution >= 0.6 is 0 Å². The monoisotopic (exact) mass is 458 g/mol. The molecule has 0 bridgehead atoms. The molecule has 0 saturated heterocycles. The van der Waals surface area contributed by atoms with E-state index in [4.69, 9.17) is 4.74 Å². The van der Waals surface area contributed by atoms with Gasteiger partial charge in [0.15, 0.2) is 0 Å². The van der Waals surface area contributed by atoms with Gasteiger partial charge in [-0.05, 0) is 110 Å². The molecule has 0 heterocycles. The van der Waals surface area contributed by atoms with Crippen molar-refractivity contribution < 1.29 is 14.6 Å². The summed E-state index contributed by atoms with van der Waals surface area (Å²) in [5.74, 6) is 4.81. The van der Waals surface area contributed by atoms with E-state index in [9.17, 15) is 9.90 Å². The topological polar surface area (TPSA) is 46.5 Å². The second-order valence-electron chi connectivity index (χ2n) is 13.4. The third-order valence-corrected chi connectivity index (χ3v) is 11.4. The van der Waals surface area contributed by atoms with Gasteiger partial charge < -0.3 is 9.84 Å². The third kappa shape index (κ3) is 4.45. The molecule has 3 heteroatoms. The highest BCUT2D eigenvalue weighted by atomic mass is 16.5. The minimum atomic E-state index is -0.194. The predicted molar refractivity (Wildman–Crippen MR) is 134 cm³/mol. The SMILES string of the molecule is CC(=O)O[C@@H]1CC[C@@]2(C)[C@@H](CC[C@@H]3[C@@H]2[C@@H](O)C[C@]2(C)[C@@H]([C@H](C)/C=C/[C@H](C)C(C)C)CC[C@@H]32)C1. The molecule has 0 spiro atoms. The minimum Gasteiger partial charge on any atom is -0.463 e. The van der Waals surface area contributed by atoms with Gasteiger partial charge in [-0.2, -0.15) is 0 Å². The van der Waals surface area contributed by atoms with Crippen molar-refractivity contribution in [1.82, 2.24) is 0 Å². The highest BCUT2D eigenvalue weighted by molar-refractivity contribution is 5.66. The fourth-order valence-electron chi connectivity index (χ4n) is 9.29. The van der Waals surface area contributed by atoms with Crippen LogP contribution in [0.4, 0.5) is 0 Å². The molecule has 4 fully saturated rings. The van der Waals surface area contributed by atoms with Crippen LogP contribution < -0.4 is 0 Å². The summed E-state index contributed by atoms with van der Waals surface area (Å²) in [7, 11) is 0. The summed E-state index contributed by atoms with van der Waals surface area (Å²) in [6.45, 7) is 15.9. The molecule has 11 atom stereocenters. The van der Waals surface area contributed by atoms with E-state index in [1.807, 2.05) is 0 Å². The Morgan fingerprint density at radius 3 is 2.39 bits per heavy atom. The summed E-state index contributed by atoms with van der Waals surface area (Å²) in [5.41, 5.74) is 0.445. The lowest BCUT2D eigenvalue weighted by molar-refractivity contribution is -0.185. The second kappa shape index (κ2) is 9.32. The summed E-state index contributed by atoms with van der Waals surface area (Å²) < 4.78 is 5.62. The molecule has 0 aromatic rings. The zero-order chi connectivity index (χ0) is 24.1. The molecular weight excluding hydrogens is 408 g/mol. The fourth-order valence-corrected chi connectivity index (χ4v) is 9.29. The summed E-state index contributed by atoms with van der Waals surface area (Å²) >= 11 is 0. The maximum Gasteiger partial charge on any atom is 0.302 e. The van der Waals surface area contributed by atoms with Crippen LogP contribution in [0.2, 0.25) is 0 Å². The van der Waals surface area contributed by atoms with Gasteiger partial charge in [-0.25, -0.2) is 0 Å². The molecular formula is C30H50O3. The van der Waals surface area contributed by atoms with E-state index in [0.717, 1.165) is 31.6 Å². The first-order valence-electron chi connectivity index (χ1n) is 14.0. The Hall–Kier alpha value is -0.830. The van der Waals surface area contributed by atoms with Crippen molar-refractivity contribution in [3.63, 3.8) is 0 Å². The Balaban J connectivity index is 1.51. The molecule has 4 rings (SSSR count). The van der Waals surface area contributed by atoms with Gasteiger partial charge in [0, 0.05) is 6.92 Å². The number of rotatable bonds is 5. The summed E-state index contributed by atoms with van der Waals surface area (Å²) in [6, 6.07) is 0. The van der Waals surface area contributed by atoms with Gasteiger partial charge in [-0.3, -0.25) is 4.79 Å². The van der Waals surface area contributed by atoms with Crippen molar-refractivity contribution in [1.29, 1.82) is 0 Å². The van der Waals surface area contributed by atoms with Crippen LogP contribution in [0.25, 0.3) is 0 Å². The largest absolute Gasteiger partial charge is 0.463 e. The van der Waals surface area contributed by atoms with Gasteiger partial charge in [0.2, 0.25) is 0 Å². The number of hydrogen-bond acceptors (Lipinski definition) is 3. The van der Waals surface area contributed by atoms with Crippen LogP contribution in [0.15, 0.2) is 12.2 Å². The Morgan fingerprint density at radius 1 is 1.00 bits per heavy atom. The Morgan fingerprint density at radius 2 is 1.73 bits per heavy atom. The minimum absolute atomic E-state index is 0.0832. The molecule has 0 aliphatic heterocycles. The van der Waals surface area contributed by atoms with Gasteiger partial charge in [0.05, 0.1) is 6.10 Å². The quantitative estimate of drug-likeness (QED) is 0.355.